The molecule has 3 aromatic carbocycles. The Morgan fingerprint density at radius 2 is 1.59 bits per heavy atom. The molecular formula is C29H28F2N2O4. The van der Waals surface area contributed by atoms with Crippen LogP contribution in [0, 0.1) is 11.6 Å². The summed E-state index contributed by atoms with van der Waals surface area (Å²) >= 11 is 0. The van der Waals surface area contributed by atoms with Crippen LogP contribution in [0.1, 0.15) is 37.9 Å². The van der Waals surface area contributed by atoms with Crippen molar-refractivity contribution in [2.24, 2.45) is 0 Å². The highest BCUT2D eigenvalue weighted by Gasteiger charge is 2.47. The van der Waals surface area contributed by atoms with Gasteiger partial charge in [-0.05, 0) is 74.9 Å². The molecule has 1 unspecified atom stereocenters. The molecule has 1 fully saturated rings. The second kappa shape index (κ2) is 10.8. The SMILES string of the molecule is CCOc1ccc(/C(O)=C2\C(=O)C(=O)N(c3cc(F)ccc3F)C2c2ccc(N(CC)CC)cc2)cc1. The molecule has 192 valence electrons. The maximum absolute atomic E-state index is 14.9. The van der Waals surface area contributed by atoms with E-state index in [0.29, 0.717) is 17.9 Å². The van der Waals surface area contributed by atoms with Crippen LogP contribution in [0.25, 0.3) is 5.76 Å². The number of amides is 1. The fraction of sp³-hybridized carbons (Fsp3) is 0.241. The van der Waals surface area contributed by atoms with Crippen LogP contribution >= 0.6 is 0 Å². The molecule has 0 aromatic heterocycles. The van der Waals surface area contributed by atoms with E-state index in [1.165, 1.54) is 0 Å². The van der Waals surface area contributed by atoms with E-state index in [2.05, 4.69) is 4.90 Å². The highest BCUT2D eigenvalue weighted by Crippen LogP contribution is 2.43. The van der Waals surface area contributed by atoms with Crippen molar-refractivity contribution in [3.8, 4) is 5.75 Å². The number of halogens is 2. The van der Waals surface area contributed by atoms with Crippen LogP contribution in [0.5, 0.6) is 5.75 Å². The van der Waals surface area contributed by atoms with Gasteiger partial charge in [-0.25, -0.2) is 8.78 Å². The lowest BCUT2D eigenvalue weighted by atomic mass is 9.94. The second-order valence-corrected chi connectivity index (χ2v) is 8.49. The summed E-state index contributed by atoms with van der Waals surface area (Å²) in [5.74, 6) is -3.53. The van der Waals surface area contributed by atoms with E-state index in [1.54, 1.807) is 36.4 Å². The van der Waals surface area contributed by atoms with E-state index < -0.39 is 35.1 Å². The Bertz CT molecular complexity index is 1330. The molecule has 1 aliphatic heterocycles. The van der Waals surface area contributed by atoms with Gasteiger partial charge in [-0.2, -0.15) is 0 Å². The van der Waals surface area contributed by atoms with Crippen molar-refractivity contribution >= 4 is 28.8 Å². The maximum atomic E-state index is 14.9. The number of carbonyl (C=O) groups is 2. The van der Waals surface area contributed by atoms with Gasteiger partial charge in [-0.1, -0.05) is 12.1 Å². The smallest absolute Gasteiger partial charge is 0.300 e. The maximum Gasteiger partial charge on any atom is 0.300 e. The molecule has 37 heavy (non-hydrogen) atoms. The van der Waals surface area contributed by atoms with E-state index in [9.17, 15) is 23.5 Å². The van der Waals surface area contributed by atoms with Crippen LogP contribution in [-0.4, -0.2) is 36.5 Å². The van der Waals surface area contributed by atoms with Gasteiger partial charge in [-0.3, -0.25) is 14.5 Å². The lowest BCUT2D eigenvalue weighted by Gasteiger charge is -2.27. The van der Waals surface area contributed by atoms with Crippen molar-refractivity contribution < 1.29 is 28.2 Å². The van der Waals surface area contributed by atoms with Crippen molar-refractivity contribution in [1.82, 2.24) is 0 Å². The molecule has 0 radical (unpaired) electrons. The van der Waals surface area contributed by atoms with E-state index in [4.69, 9.17) is 4.74 Å². The van der Waals surface area contributed by atoms with Crippen molar-refractivity contribution in [3.63, 3.8) is 0 Å². The Hall–Kier alpha value is -4.20. The van der Waals surface area contributed by atoms with Gasteiger partial charge in [0, 0.05) is 30.4 Å². The average Bonchev–Trinajstić information content (AvgIpc) is 3.17. The molecule has 0 saturated carbocycles. The predicted octanol–water partition coefficient (Wildman–Crippen LogP) is 5.84. The Morgan fingerprint density at radius 1 is 0.946 bits per heavy atom. The first-order valence-electron chi connectivity index (χ1n) is 12.1. The fourth-order valence-electron chi connectivity index (χ4n) is 4.55. The number of carbonyl (C=O) groups excluding carboxylic acids is 2. The third-order valence-corrected chi connectivity index (χ3v) is 6.39. The van der Waals surface area contributed by atoms with Crippen LogP contribution in [0.3, 0.4) is 0 Å². The molecule has 0 bridgehead atoms. The number of aliphatic hydroxyl groups is 1. The second-order valence-electron chi connectivity index (χ2n) is 8.49. The minimum Gasteiger partial charge on any atom is -0.507 e. The molecule has 3 aromatic rings. The predicted molar refractivity (Wildman–Crippen MR) is 139 cm³/mol. The standard InChI is InChI=1S/C29H28F2N2O4/c1-4-32(5-2)21-12-7-18(8-13-21)26-25(27(34)19-9-14-22(15-10-19)37-6-3)28(35)29(36)33(26)24-17-20(30)11-16-23(24)31/h7-17,26,34H,4-6H2,1-3H3/b27-25+. The highest BCUT2D eigenvalue weighted by molar-refractivity contribution is 6.51. The van der Waals surface area contributed by atoms with E-state index in [-0.39, 0.29) is 16.8 Å². The molecule has 1 amide bonds. The summed E-state index contributed by atoms with van der Waals surface area (Å²) in [5, 5.41) is 11.2. The molecule has 8 heteroatoms. The molecule has 1 atom stereocenters. The number of hydrogen-bond donors (Lipinski definition) is 1. The van der Waals surface area contributed by atoms with Crippen LogP contribution in [0.4, 0.5) is 20.2 Å². The van der Waals surface area contributed by atoms with E-state index >= 15 is 0 Å². The number of rotatable bonds is 8. The molecule has 1 heterocycles. The number of benzene rings is 3. The van der Waals surface area contributed by atoms with Crippen molar-refractivity contribution in [1.29, 1.82) is 0 Å². The number of aliphatic hydroxyl groups excluding tert-OH is 1. The summed E-state index contributed by atoms with van der Waals surface area (Å²) in [6.07, 6.45) is 0. The van der Waals surface area contributed by atoms with Gasteiger partial charge in [0.05, 0.1) is 23.9 Å². The number of ketones is 1. The minimum absolute atomic E-state index is 0.214. The number of nitrogens with zero attached hydrogens (tertiary/aromatic N) is 2. The summed E-state index contributed by atoms with van der Waals surface area (Å²) in [6.45, 7) is 7.90. The molecule has 0 aliphatic carbocycles. The average molecular weight is 507 g/mol. The minimum atomic E-state index is -1.17. The van der Waals surface area contributed by atoms with Crippen LogP contribution in [0.15, 0.2) is 72.3 Å². The van der Waals surface area contributed by atoms with E-state index in [0.717, 1.165) is 41.9 Å². The lowest BCUT2D eigenvalue weighted by molar-refractivity contribution is -0.132. The third kappa shape index (κ3) is 4.91. The normalized spacial score (nSPS) is 16.8. The van der Waals surface area contributed by atoms with Gasteiger partial charge < -0.3 is 14.7 Å². The van der Waals surface area contributed by atoms with E-state index in [1.807, 2.05) is 32.9 Å². The zero-order valence-electron chi connectivity index (χ0n) is 20.9. The zero-order valence-corrected chi connectivity index (χ0v) is 20.9. The Morgan fingerprint density at radius 3 is 2.19 bits per heavy atom. The molecular weight excluding hydrogens is 478 g/mol. The summed E-state index contributed by atoms with van der Waals surface area (Å²) in [6, 6.07) is 15.0. The largest absolute Gasteiger partial charge is 0.507 e. The van der Waals surface area contributed by atoms with Gasteiger partial charge in [0.1, 0.15) is 23.1 Å². The van der Waals surface area contributed by atoms with Gasteiger partial charge in [0.2, 0.25) is 0 Å². The summed E-state index contributed by atoms with van der Waals surface area (Å²) in [7, 11) is 0. The van der Waals surface area contributed by atoms with Crippen LogP contribution in [-0.2, 0) is 9.59 Å². The molecule has 0 spiro atoms. The molecule has 1 saturated heterocycles. The van der Waals surface area contributed by atoms with Gasteiger partial charge in [0.25, 0.3) is 11.7 Å². The molecule has 1 aliphatic rings. The van der Waals surface area contributed by atoms with Crippen LogP contribution in [0.2, 0.25) is 0 Å². The number of ether oxygens (including phenoxy) is 1. The molecule has 1 N–H and O–H groups in total. The van der Waals surface area contributed by atoms with Crippen molar-refractivity contribution in [2.75, 3.05) is 29.5 Å². The summed E-state index contributed by atoms with van der Waals surface area (Å²) in [4.78, 5) is 29.5. The first-order chi connectivity index (χ1) is 17.8. The van der Waals surface area contributed by atoms with Crippen molar-refractivity contribution in [2.45, 2.75) is 26.8 Å². The molecule has 6 nitrogen and oxygen atoms in total. The first kappa shape index (κ1) is 25.9. The Balaban J connectivity index is 1.89. The van der Waals surface area contributed by atoms with Crippen LogP contribution < -0.4 is 14.5 Å². The summed E-state index contributed by atoms with van der Waals surface area (Å²) in [5.41, 5.74) is 1.07. The van der Waals surface area contributed by atoms with Gasteiger partial charge in [-0.15, -0.1) is 0 Å². The van der Waals surface area contributed by atoms with Crippen molar-refractivity contribution in [3.05, 3.63) is 95.1 Å². The summed E-state index contributed by atoms with van der Waals surface area (Å²) < 4.78 is 34.4. The monoisotopic (exact) mass is 506 g/mol. The first-order valence-corrected chi connectivity index (χ1v) is 12.1. The zero-order chi connectivity index (χ0) is 26.7. The van der Waals surface area contributed by atoms with Gasteiger partial charge in [0.15, 0.2) is 0 Å². The number of hydrogen-bond acceptors (Lipinski definition) is 5. The van der Waals surface area contributed by atoms with Gasteiger partial charge >= 0.3 is 0 Å². The quantitative estimate of drug-likeness (QED) is 0.236. The fourth-order valence-corrected chi connectivity index (χ4v) is 4.55. The Labute approximate surface area is 214 Å². The lowest BCUT2D eigenvalue weighted by Crippen LogP contribution is -2.30. The number of Topliss-reactive ketones (excluding diaryl/α,β-unsaturated/α-hetero) is 1. The third-order valence-electron chi connectivity index (χ3n) is 6.39. The number of anilines is 2. The Kier molecular flexibility index (Phi) is 7.57. The molecule has 4 rings (SSSR count). The topological polar surface area (TPSA) is 70.1 Å². The highest BCUT2D eigenvalue weighted by atomic mass is 19.1.